The lowest BCUT2D eigenvalue weighted by molar-refractivity contribution is -0.144. The normalized spacial score (nSPS) is 14.7. The Morgan fingerprint density at radius 3 is 1.28 bits per heavy atom. The zero-order chi connectivity index (χ0) is 103. The number of carbonyl (C=O) groups excluding carboxylic acids is 10. The summed E-state index contributed by atoms with van der Waals surface area (Å²) < 4.78 is 144. The van der Waals surface area contributed by atoms with E-state index < -0.39 is 221 Å². The molecule has 0 aliphatic carbocycles. The first-order valence-corrected chi connectivity index (χ1v) is 49.8. The molecule has 54 heteroatoms. The highest BCUT2D eigenvalue weighted by Crippen LogP contribution is 2.33. The van der Waals surface area contributed by atoms with Crippen molar-refractivity contribution in [3.8, 4) is 0 Å². The Labute approximate surface area is 805 Å². The number of methoxy groups -OCH3 is 3. The van der Waals surface area contributed by atoms with Gasteiger partial charge in [0, 0.05) is 159 Å². The van der Waals surface area contributed by atoms with Crippen LogP contribution in [-0.2, 0) is 118 Å². The Hall–Kier alpha value is -13.2. The molecule has 0 unspecified atom stereocenters. The van der Waals surface area contributed by atoms with Gasteiger partial charge in [-0.2, -0.15) is 17.9 Å². The second kappa shape index (κ2) is 50.6. The fourth-order valence-corrected chi connectivity index (χ4v) is 20.1. The number of amides is 7. The number of benzene rings is 4. The molecule has 140 heavy (non-hydrogen) atoms. The van der Waals surface area contributed by atoms with Crippen molar-refractivity contribution < 1.29 is 125 Å². The number of imidazole rings is 2. The van der Waals surface area contributed by atoms with Gasteiger partial charge in [-0.15, -0.1) is 0 Å². The third-order valence-electron chi connectivity index (χ3n) is 22.3. The number of aryl methyl sites for hydroxylation is 6. The Morgan fingerprint density at radius 1 is 0.464 bits per heavy atom. The number of aliphatic carboxylic acids is 2. The van der Waals surface area contributed by atoms with Crippen LogP contribution in [0.1, 0.15) is 78.9 Å². The number of carboxylic acid groups (broad SMARTS) is 2. The maximum Gasteiger partial charge on any atom is 0.323 e. The minimum Gasteiger partial charge on any atom is -0.480 e. The molecule has 0 radical (unpaired) electrons. The lowest BCUT2D eigenvalue weighted by Crippen LogP contribution is -2.57. The Morgan fingerprint density at radius 2 is 0.871 bits per heavy atom. The van der Waals surface area contributed by atoms with Crippen molar-refractivity contribution >= 4 is 146 Å². The fourth-order valence-electron chi connectivity index (χ4n) is 15.4. The van der Waals surface area contributed by atoms with Crippen LogP contribution in [0.5, 0.6) is 0 Å². The molecule has 0 spiro atoms. The van der Waals surface area contributed by atoms with Crippen molar-refractivity contribution in [1.82, 2.24) is 95.3 Å². The lowest BCUT2D eigenvalue weighted by Gasteiger charge is -2.33. The molecule has 4 aromatic carbocycles. The van der Waals surface area contributed by atoms with Crippen LogP contribution in [0.4, 0.5) is 11.9 Å². The number of aromatic amines is 2. The second-order valence-electron chi connectivity index (χ2n) is 33.0. The molecule has 9 rings (SSSR count). The predicted molar refractivity (Wildman–Crippen MR) is 507 cm³/mol. The first-order chi connectivity index (χ1) is 66.1. The van der Waals surface area contributed by atoms with E-state index in [-0.39, 0.29) is 136 Å². The van der Waals surface area contributed by atoms with Gasteiger partial charge < -0.3 is 105 Å². The largest absolute Gasteiger partial charge is 0.480 e. The van der Waals surface area contributed by atoms with Crippen molar-refractivity contribution in [1.29, 1.82) is 0 Å². The SMILES string of the molecule is COC(=O)CN1CCN(CC(=O)N[C@@H](CCC(=O)N[C@@H](CS(O)(O)O)C(=O)NCCCn2cc(C(=O)NC[C@H](NS(=O)(=O)c3c(C)cccc3C)C(=O)O)c(=O)c3ccc(CNc4ncc[nH]4)cc32)C(=O)N[C@@H](CS(=O)(=O)O)C(=O)NCCn2cc(C(=O)NC[C@H](NS(=O)(=O)c3c(C)cc(C)cc3C)C(=O)O)c(=O)c3ccc(CNc4ncc[nH]4)cc32)CCN(CC(=O)OC)CCN(CC(=O)OC)CC1. The van der Waals surface area contributed by atoms with Crippen LogP contribution in [0.2, 0.25) is 0 Å². The highest BCUT2D eigenvalue weighted by Gasteiger charge is 2.37. The smallest absolute Gasteiger partial charge is 0.323 e. The number of ether oxygens (including phenoxy) is 3. The van der Waals surface area contributed by atoms with E-state index in [9.17, 15) is 116 Å². The van der Waals surface area contributed by atoms with Crippen molar-refractivity contribution in [2.45, 2.75) is 120 Å². The van der Waals surface area contributed by atoms with E-state index in [4.69, 9.17) is 14.2 Å². The minimum atomic E-state index is -5.32. The quantitative estimate of drug-likeness (QED) is 0.00871. The van der Waals surface area contributed by atoms with E-state index >= 15 is 4.79 Å². The average molecular weight is 2040 g/mol. The van der Waals surface area contributed by atoms with Crippen LogP contribution >= 0.6 is 10.9 Å². The van der Waals surface area contributed by atoms with E-state index in [1.807, 2.05) is 0 Å². The third kappa shape index (κ3) is 33.0. The molecule has 5 atom stereocenters. The molecular weight excluding hydrogens is 1920 g/mol. The lowest BCUT2D eigenvalue weighted by atomic mass is 10.1. The highest BCUT2D eigenvalue weighted by molar-refractivity contribution is 8.19. The van der Waals surface area contributed by atoms with Gasteiger partial charge >= 0.3 is 29.8 Å². The number of aromatic nitrogens is 6. The molecule has 762 valence electrons. The summed E-state index contributed by atoms with van der Waals surface area (Å²) in [5.74, 6) is -15.9. The summed E-state index contributed by atoms with van der Waals surface area (Å²) in [5, 5.41) is 42.9. The number of pyridine rings is 2. The topological polar surface area (TPSA) is 703 Å². The van der Waals surface area contributed by atoms with Gasteiger partial charge in [-0.1, -0.05) is 48.0 Å². The van der Waals surface area contributed by atoms with Crippen LogP contribution in [-0.4, -0.2) is 341 Å². The molecule has 5 heterocycles. The Bertz CT molecular complexity index is 6260. The second-order valence-corrected chi connectivity index (χ2v) is 39.4. The van der Waals surface area contributed by atoms with E-state index in [0.717, 1.165) is 32.2 Å². The van der Waals surface area contributed by atoms with E-state index in [1.54, 1.807) is 69.2 Å². The first-order valence-electron chi connectivity index (χ1n) is 43.6. The van der Waals surface area contributed by atoms with Gasteiger partial charge in [-0.3, -0.25) is 91.3 Å². The van der Waals surface area contributed by atoms with E-state index in [2.05, 4.69) is 77.2 Å². The summed E-state index contributed by atoms with van der Waals surface area (Å²) in [6, 6.07) is 6.42. The van der Waals surface area contributed by atoms with Crippen LogP contribution in [0, 0.1) is 34.6 Å². The van der Waals surface area contributed by atoms with Crippen LogP contribution in [0.25, 0.3) is 21.8 Å². The molecule has 1 saturated heterocycles. The minimum absolute atomic E-state index is 0.0154. The molecule has 0 bridgehead atoms. The maximum atomic E-state index is 15.1. The number of nitrogens with zero attached hydrogens (tertiary/aromatic N) is 8. The summed E-state index contributed by atoms with van der Waals surface area (Å²) in [6.07, 6.45) is 6.38. The number of sulfonamides is 2. The number of rotatable bonds is 48. The summed E-state index contributed by atoms with van der Waals surface area (Å²) in [5.41, 5.74) is 0.412. The number of esters is 3. The van der Waals surface area contributed by atoms with Gasteiger partial charge in [0.05, 0.1) is 85.0 Å². The molecule has 0 saturated carbocycles. The number of fused-ring (bicyclic) bond motifs is 2. The molecule has 7 amide bonds. The Kier molecular flexibility index (Phi) is 39.9. The summed E-state index contributed by atoms with van der Waals surface area (Å²) >= 11 is 0. The van der Waals surface area contributed by atoms with Gasteiger partial charge in [0.25, 0.3) is 21.9 Å². The van der Waals surface area contributed by atoms with Crippen molar-refractivity contribution in [2.24, 2.45) is 0 Å². The molecule has 8 aromatic rings. The van der Waals surface area contributed by atoms with Crippen LogP contribution < -0.4 is 68.2 Å². The van der Waals surface area contributed by atoms with Gasteiger partial charge in [0.2, 0.25) is 60.4 Å². The van der Waals surface area contributed by atoms with Gasteiger partial charge in [0.1, 0.15) is 47.1 Å². The monoisotopic (exact) mass is 2030 g/mol. The predicted octanol–water partition coefficient (Wildman–Crippen LogP) is -1.74. The van der Waals surface area contributed by atoms with Gasteiger partial charge in [0.15, 0.2) is 11.9 Å². The third-order valence-corrected chi connectivity index (χ3v) is 27.4. The fraction of sp³-hybridized carbons (Fsp3) is 0.442. The average Bonchev–Trinajstić information content (AvgIpc) is 0.810. The van der Waals surface area contributed by atoms with Gasteiger partial charge in [-0.25, -0.2) is 26.8 Å². The number of carboxylic acids is 2. The summed E-state index contributed by atoms with van der Waals surface area (Å²) in [4.78, 5) is 214. The number of carbonyl (C=O) groups is 12. The van der Waals surface area contributed by atoms with Crippen LogP contribution in [0.15, 0.2) is 123 Å². The molecule has 1 aliphatic rings. The molecule has 50 nitrogen and oxygen atoms in total. The maximum absolute atomic E-state index is 15.1. The molecule has 1 fully saturated rings. The van der Waals surface area contributed by atoms with Crippen molar-refractivity contribution in [2.75, 3.05) is 148 Å². The molecular formula is C86H115N21O29S4. The molecule has 4 aromatic heterocycles. The number of H-pyrrole nitrogens is 2. The molecule has 1 aliphatic heterocycles. The zero-order valence-corrected chi connectivity index (χ0v) is 80.9. The summed E-state index contributed by atoms with van der Waals surface area (Å²) in [6.45, 7) is 3.77. The highest BCUT2D eigenvalue weighted by atomic mass is 32.3. The number of hydrogen-bond acceptors (Lipinski definition) is 34. The Balaban J connectivity index is 0.974. The summed E-state index contributed by atoms with van der Waals surface area (Å²) in [7, 11) is -15.6. The van der Waals surface area contributed by atoms with Crippen molar-refractivity contribution in [3.05, 3.63) is 174 Å². The van der Waals surface area contributed by atoms with E-state index in [0.29, 0.717) is 45.3 Å². The van der Waals surface area contributed by atoms with E-state index in [1.165, 1.54) is 92.7 Å². The molecule has 19 N–H and O–H groups in total. The van der Waals surface area contributed by atoms with Gasteiger partial charge in [-0.05, 0) is 105 Å². The number of nitrogens with one attached hydrogen (secondary N) is 13. The first kappa shape index (κ1) is 110. The van der Waals surface area contributed by atoms with Crippen LogP contribution in [0.3, 0.4) is 0 Å². The van der Waals surface area contributed by atoms with Crippen molar-refractivity contribution in [3.63, 3.8) is 0 Å². The number of anilines is 2. The standard InChI is InChI=1S/C86H115N21O29S4/c1-51-35-54(4)77(55(5)36-51)140(132,133)101-64(84(122)123)42-94-79(116)61-44-107(68-38-57(14-16-59(68)75(61)114)40-96-86-91-22-23-92-86)26-24-88-81(118)66(50-138(127,128)129)99-82(119)62(97-70(109)45-102-27-29-103(46-71(110)134-6)31-33-105(48-73(112)136-8)34-32-104(30-28-102)47-72(111)135-7)17-18-69(108)98-65(49-137(124,125)126)80(117)87-19-10-25-106-43-60(74(113)58-15-13-56(37-67(58)106)39-95-85-89-20-21-90-85)78(115)93-41-63(83(120)121)100-139(130,131)76-52(2)11-9-12-53(76)3/h9,11-16,20-23,35-38,43-44,62-66,100-101,124-126H,10,17-19,24-34,39-42,45-50H2,1-8H3,(H,87,117)(H,88,118)(H,93,115)(H,94,116)(H,97,109)(H,98,108)(H,99,119)(H,120,121)(H,122,123)(H2,89,90,95)(H2,91,92,96)(H,127,128,129)/t62-,63-,64-,65-,66-/m0/s1. The zero-order valence-electron chi connectivity index (χ0n) is 77.7. The number of hydrogen-bond donors (Lipinski definition) is 19.